The Morgan fingerprint density at radius 2 is 1.93 bits per heavy atom. The van der Waals surface area contributed by atoms with Crippen molar-refractivity contribution < 1.29 is 13.9 Å². The van der Waals surface area contributed by atoms with E-state index in [9.17, 15) is 9.59 Å². The van der Waals surface area contributed by atoms with E-state index < -0.39 is 11.7 Å². The van der Waals surface area contributed by atoms with Crippen molar-refractivity contribution in [2.24, 2.45) is 5.10 Å². The molecule has 0 aliphatic heterocycles. The summed E-state index contributed by atoms with van der Waals surface area (Å²) in [6, 6.07) is 18.4. The average molecular weight is 388 g/mol. The number of hydrogen-bond acceptors (Lipinski definition) is 6. The molecular formula is C21H16N4O4. The average Bonchev–Trinajstić information content (AvgIpc) is 3.17. The first-order valence-corrected chi connectivity index (χ1v) is 8.71. The number of carbonyl (C=O) groups is 1. The standard InChI is InChI=1S/C21H16N4O4/c1-28-21(27)23-22-12-15-13-25(16-8-3-2-4-9-16)24-19(15)17-11-14-7-5-6-10-18(14)29-20(17)26/h2-13H,1H3,(H,23,27)/b22-12-. The second-order valence-electron chi connectivity index (χ2n) is 6.06. The van der Waals surface area contributed by atoms with Crippen molar-refractivity contribution in [2.45, 2.75) is 0 Å². The zero-order valence-electron chi connectivity index (χ0n) is 15.4. The maximum absolute atomic E-state index is 12.6. The minimum absolute atomic E-state index is 0.290. The molecule has 0 unspecified atom stereocenters. The van der Waals surface area contributed by atoms with Gasteiger partial charge in [-0.15, -0.1) is 0 Å². The molecule has 8 heteroatoms. The van der Waals surface area contributed by atoms with Crippen LogP contribution in [0.2, 0.25) is 0 Å². The summed E-state index contributed by atoms with van der Waals surface area (Å²) < 4.78 is 11.6. The first-order valence-electron chi connectivity index (χ1n) is 8.71. The molecule has 144 valence electrons. The molecule has 0 bridgehead atoms. The van der Waals surface area contributed by atoms with Gasteiger partial charge in [-0.1, -0.05) is 36.4 Å². The van der Waals surface area contributed by atoms with Crippen molar-refractivity contribution in [1.82, 2.24) is 15.2 Å². The van der Waals surface area contributed by atoms with Gasteiger partial charge in [-0.3, -0.25) is 0 Å². The van der Waals surface area contributed by atoms with Gasteiger partial charge in [-0.25, -0.2) is 19.7 Å². The minimum atomic E-state index is -0.705. The fraction of sp³-hybridized carbons (Fsp3) is 0.0476. The first kappa shape index (κ1) is 18.2. The minimum Gasteiger partial charge on any atom is -0.452 e. The number of aromatic nitrogens is 2. The van der Waals surface area contributed by atoms with Gasteiger partial charge in [-0.2, -0.15) is 10.2 Å². The molecule has 4 rings (SSSR count). The van der Waals surface area contributed by atoms with Crippen LogP contribution in [0.5, 0.6) is 0 Å². The molecule has 4 aromatic rings. The molecule has 2 heterocycles. The van der Waals surface area contributed by atoms with E-state index in [1.165, 1.54) is 13.3 Å². The normalized spacial score (nSPS) is 11.1. The maximum atomic E-state index is 12.6. The van der Waals surface area contributed by atoms with Crippen LogP contribution in [0.1, 0.15) is 5.56 Å². The number of hydrazone groups is 1. The molecule has 1 amide bonds. The number of carbonyl (C=O) groups excluding carboxylic acids is 1. The van der Waals surface area contributed by atoms with Gasteiger partial charge in [-0.05, 0) is 24.3 Å². The van der Waals surface area contributed by atoms with Crippen molar-refractivity contribution in [1.29, 1.82) is 0 Å². The van der Waals surface area contributed by atoms with Crippen LogP contribution in [-0.4, -0.2) is 29.2 Å². The Balaban J connectivity index is 1.85. The highest BCUT2D eigenvalue weighted by molar-refractivity contribution is 5.91. The van der Waals surface area contributed by atoms with Crippen LogP contribution in [0.25, 0.3) is 27.9 Å². The summed E-state index contributed by atoms with van der Waals surface area (Å²) in [6.45, 7) is 0. The summed E-state index contributed by atoms with van der Waals surface area (Å²) in [6.07, 6.45) is 2.40. The van der Waals surface area contributed by atoms with Gasteiger partial charge in [0.2, 0.25) is 0 Å². The van der Waals surface area contributed by atoms with E-state index in [0.717, 1.165) is 11.1 Å². The largest absolute Gasteiger partial charge is 0.452 e. The summed E-state index contributed by atoms with van der Waals surface area (Å²) in [5.41, 5.74) is 4.19. The monoisotopic (exact) mass is 388 g/mol. The van der Waals surface area contributed by atoms with Crippen LogP contribution in [0.4, 0.5) is 4.79 Å². The molecule has 0 radical (unpaired) electrons. The molecule has 8 nitrogen and oxygen atoms in total. The van der Waals surface area contributed by atoms with Gasteiger partial charge >= 0.3 is 11.7 Å². The van der Waals surface area contributed by atoms with Crippen molar-refractivity contribution in [3.05, 3.63) is 82.8 Å². The topological polar surface area (TPSA) is 98.7 Å². The molecule has 0 atom stereocenters. The number of fused-ring (bicyclic) bond motifs is 1. The number of hydrogen-bond donors (Lipinski definition) is 1. The number of ether oxygens (including phenoxy) is 1. The van der Waals surface area contributed by atoms with Crippen LogP contribution < -0.4 is 11.1 Å². The van der Waals surface area contributed by atoms with Crippen molar-refractivity contribution >= 4 is 23.3 Å². The van der Waals surface area contributed by atoms with Gasteiger partial charge in [0.25, 0.3) is 0 Å². The van der Waals surface area contributed by atoms with E-state index in [-0.39, 0.29) is 5.56 Å². The zero-order chi connectivity index (χ0) is 20.2. The molecule has 0 aliphatic rings. The SMILES string of the molecule is COC(=O)N/N=C\c1cn(-c2ccccc2)nc1-c1cc2ccccc2oc1=O. The Hall–Kier alpha value is -4.20. The Labute approximate surface area is 165 Å². The number of para-hydroxylation sites is 2. The summed E-state index contributed by atoms with van der Waals surface area (Å²) >= 11 is 0. The quantitative estimate of drug-likeness (QED) is 0.328. The predicted molar refractivity (Wildman–Crippen MR) is 108 cm³/mol. The lowest BCUT2D eigenvalue weighted by Gasteiger charge is -2.01. The van der Waals surface area contributed by atoms with Crippen LogP contribution >= 0.6 is 0 Å². The Morgan fingerprint density at radius 3 is 2.72 bits per heavy atom. The summed E-state index contributed by atoms with van der Waals surface area (Å²) in [5.74, 6) is 0. The van der Waals surface area contributed by atoms with Crippen LogP contribution in [0.15, 0.2) is 81.2 Å². The second-order valence-corrected chi connectivity index (χ2v) is 6.06. The highest BCUT2D eigenvalue weighted by atomic mass is 16.5. The summed E-state index contributed by atoms with van der Waals surface area (Å²) in [7, 11) is 1.24. The summed E-state index contributed by atoms with van der Waals surface area (Å²) in [5, 5.41) is 9.19. The van der Waals surface area contributed by atoms with Crippen molar-refractivity contribution in [3.63, 3.8) is 0 Å². The fourth-order valence-corrected chi connectivity index (χ4v) is 2.83. The molecule has 0 saturated heterocycles. The van der Waals surface area contributed by atoms with Gasteiger partial charge in [0.05, 0.1) is 24.6 Å². The Kier molecular flexibility index (Phi) is 4.90. The fourth-order valence-electron chi connectivity index (χ4n) is 2.83. The van der Waals surface area contributed by atoms with E-state index in [4.69, 9.17) is 4.42 Å². The molecule has 0 fully saturated rings. The molecule has 2 aromatic carbocycles. The lowest BCUT2D eigenvalue weighted by atomic mass is 10.1. The third-order valence-electron chi connectivity index (χ3n) is 4.20. The molecule has 1 N–H and O–H groups in total. The number of nitrogens with one attached hydrogen (secondary N) is 1. The zero-order valence-corrected chi connectivity index (χ0v) is 15.4. The lowest BCUT2D eigenvalue weighted by molar-refractivity contribution is 0.171. The number of benzene rings is 2. The molecular weight excluding hydrogens is 372 g/mol. The van der Waals surface area contributed by atoms with Gasteiger partial charge < -0.3 is 9.15 Å². The molecule has 0 aliphatic carbocycles. The third-order valence-corrected chi connectivity index (χ3v) is 4.20. The van der Waals surface area contributed by atoms with Gasteiger partial charge in [0, 0.05) is 17.1 Å². The molecule has 0 spiro atoms. The smallest absolute Gasteiger partial charge is 0.427 e. The van der Waals surface area contributed by atoms with Gasteiger partial charge in [0.1, 0.15) is 11.3 Å². The highest BCUT2D eigenvalue weighted by Gasteiger charge is 2.16. The van der Waals surface area contributed by atoms with Crippen molar-refractivity contribution in [3.8, 4) is 16.9 Å². The van der Waals surface area contributed by atoms with Crippen LogP contribution in [0, 0.1) is 0 Å². The van der Waals surface area contributed by atoms with E-state index in [1.807, 2.05) is 42.5 Å². The lowest BCUT2D eigenvalue weighted by Crippen LogP contribution is -2.16. The van der Waals surface area contributed by atoms with E-state index in [0.29, 0.717) is 16.8 Å². The number of methoxy groups -OCH3 is 1. The van der Waals surface area contributed by atoms with E-state index >= 15 is 0 Å². The Bertz CT molecular complexity index is 1260. The molecule has 2 aromatic heterocycles. The number of amides is 1. The van der Waals surface area contributed by atoms with Crippen LogP contribution in [0.3, 0.4) is 0 Å². The van der Waals surface area contributed by atoms with Gasteiger partial charge in [0.15, 0.2) is 0 Å². The number of nitrogens with zero attached hydrogens (tertiary/aromatic N) is 3. The van der Waals surface area contributed by atoms with E-state index in [2.05, 4.69) is 20.4 Å². The van der Waals surface area contributed by atoms with Crippen molar-refractivity contribution in [2.75, 3.05) is 7.11 Å². The summed E-state index contributed by atoms with van der Waals surface area (Å²) in [4.78, 5) is 23.9. The highest BCUT2D eigenvalue weighted by Crippen LogP contribution is 2.23. The molecule has 0 saturated carbocycles. The Morgan fingerprint density at radius 1 is 1.17 bits per heavy atom. The maximum Gasteiger partial charge on any atom is 0.427 e. The first-order chi connectivity index (χ1) is 14.2. The number of rotatable bonds is 4. The van der Waals surface area contributed by atoms with E-state index in [1.54, 1.807) is 29.1 Å². The van der Waals surface area contributed by atoms with Crippen LogP contribution in [-0.2, 0) is 4.74 Å². The second kappa shape index (κ2) is 7.81. The predicted octanol–water partition coefficient (Wildman–Crippen LogP) is 3.34. The third kappa shape index (κ3) is 3.77. The molecule has 29 heavy (non-hydrogen) atoms.